The molecular weight excluding hydrogens is 288 g/mol. The zero-order chi connectivity index (χ0) is 16.8. The lowest BCUT2D eigenvalue weighted by atomic mass is 9.92. The average molecular weight is 322 g/mol. The first-order chi connectivity index (χ1) is 11.0. The molecule has 0 unspecified atom stereocenters. The molecule has 0 aromatic carbocycles. The number of carbonyl (C=O) groups is 2. The molecule has 0 spiro atoms. The summed E-state index contributed by atoms with van der Waals surface area (Å²) in [5, 5.41) is 9.12. The summed E-state index contributed by atoms with van der Waals surface area (Å²) in [7, 11) is 0. The standard InChI is InChI=1S/C20H34O3/c1-17(21)16-19(12-13-19)10-8-6-4-2-3-5-7-9-11-20(14-15-20)18(22)23/h2-16H2,1H3,(H,22,23). The molecule has 3 nitrogen and oxygen atoms in total. The summed E-state index contributed by atoms with van der Waals surface area (Å²) in [6.45, 7) is 1.72. The van der Waals surface area contributed by atoms with Crippen LogP contribution in [0.1, 0.15) is 103 Å². The SMILES string of the molecule is CC(=O)CC1(CCCCCCCCCCC2(C(=O)O)CC2)CC1. The lowest BCUT2D eigenvalue weighted by Crippen LogP contribution is -2.14. The highest BCUT2D eigenvalue weighted by molar-refractivity contribution is 5.77. The smallest absolute Gasteiger partial charge is 0.309 e. The van der Waals surface area contributed by atoms with Crippen LogP contribution < -0.4 is 0 Å². The molecule has 0 bridgehead atoms. The number of hydrogen-bond acceptors (Lipinski definition) is 2. The fraction of sp³-hybridized carbons (Fsp3) is 0.900. The summed E-state index contributed by atoms with van der Waals surface area (Å²) in [5.74, 6) is -0.214. The molecule has 2 fully saturated rings. The molecule has 0 aromatic rings. The van der Waals surface area contributed by atoms with Crippen LogP contribution in [0, 0.1) is 10.8 Å². The molecule has 3 heteroatoms. The minimum atomic E-state index is -0.573. The first-order valence-corrected chi connectivity index (χ1v) is 9.71. The van der Waals surface area contributed by atoms with Gasteiger partial charge in [-0.2, -0.15) is 0 Å². The van der Waals surface area contributed by atoms with E-state index < -0.39 is 5.97 Å². The van der Waals surface area contributed by atoms with Crippen LogP contribution in [0.15, 0.2) is 0 Å². The molecule has 0 radical (unpaired) electrons. The van der Waals surface area contributed by atoms with E-state index in [9.17, 15) is 9.59 Å². The van der Waals surface area contributed by atoms with E-state index in [4.69, 9.17) is 5.11 Å². The van der Waals surface area contributed by atoms with E-state index in [2.05, 4.69) is 0 Å². The normalized spacial score (nSPS) is 20.2. The molecule has 2 aliphatic rings. The third kappa shape index (κ3) is 6.27. The Kier molecular flexibility index (Phi) is 6.67. The van der Waals surface area contributed by atoms with Crippen molar-refractivity contribution in [3.05, 3.63) is 0 Å². The van der Waals surface area contributed by atoms with Crippen LogP contribution in [0.3, 0.4) is 0 Å². The van der Waals surface area contributed by atoms with E-state index in [0.717, 1.165) is 32.1 Å². The van der Waals surface area contributed by atoms with Gasteiger partial charge in [-0.25, -0.2) is 0 Å². The lowest BCUT2D eigenvalue weighted by Gasteiger charge is -2.12. The Labute approximate surface area is 141 Å². The average Bonchev–Trinajstić information content (AvgIpc) is 3.38. The van der Waals surface area contributed by atoms with Crippen molar-refractivity contribution in [2.24, 2.45) is 10.8 Å². The van der Waals surface area contributed by atoms with E-state index >= 15 is 0 Å². The first kappa shape index (κ1) is 18.5. The zero-order valence-electron chi connectivity index (χ0n) is 14.9. The van der Waals surface area contributed by atoms with E-state index in [0.29, 0.717) is 11.2 Å². The number of aliphatic carboxylic acids is 1. The molecule has 132 valence electrons. The zero-order valence-corrected chi connectivity index (χ0v) is 14.9. The van der Waals surface area contributed by atoms with Crippen molar-refractivity contribution in [3.8, 4) is 0 Å². The Balaban J connectivity index is 1.36. The minimum absolute atomic E-state index is 0.321. The summed E-state index contributed by atoms with van der Waals surface area (Å²) in [5.41, 5.74) is 0.0907. The Bertz CT molecular complexity index is 405. The van der Waals surface area contributed by atoms with Crippen LogP contribution in [0.4, 0.5) is 0 Å². The van der Waals surface area contributed by atoms with E-state index in [1.807, 2.05) is 0 Å². The van der Waals surface area contributed by atoms with Crippen molar-refractivity contribution in [1.29, 1.82) is 0 Å². The van der Waals surface area contributed by atoms with Gasteiger partial charge >= 0.3 is 5.97 Å². The highest BCUT2D eigenvalue weighted by Crippen LogP contribution is 2.53. The third-order valence-electron chi connectivity index (χ3n) is 6.00. The summed E-state index contributed by atoms with van der Waals surface area (Å²) in [6, 6.07) is 0. The molecule has 0 heterocycles. The second-order valence-electron chi connectivity index (χ2n) is 8.29. The van der Waals surface area contributed by atoms with Gasteiger partial charge in [0.2, 0.25) is 0 Å². The number of unbranched alkanes of at least 4 members (excludes halogenated alkanes) is 7. The molecule has 0 aliphatic heterocycles. The van der Waals surface area contributed by atoms with Gasteiger partial charge in [0.05, 0.1) is 5.41 Å². The maximum absolute atomic E-state index is 11.2. The van der Waals surface area contributed by atoms with Gasteiger partial charge in [0, 0.05) is 6.42 Å². The van der Waals surface area contributed by atoms with Crippen molar-refractivity contribution in [2.45, 2.75) is 103 Å². The Hall–Kier alpha value is -0.860. The highest BCUT2D eigenvalue weighted by atomic mass is 16.4. The first-order valence-electron chi connectivity index (χ1n) is 9.71. The molecule has 0 saturated heterocycles. The van der Waals surface area contributed by atoms with Crippen LogP contribution >= 0.6 is 0 Å². The van der Waals surface area contributed by atoms with E-state index in [1.165, 1.54) is 64.2 Å². The molecule has 2 rings (SSSR count). The fourth-order valence-corrected chi connectivity index (χ4v) is 3.97. The Morgan fingerprint density at radius 1 is 0.783 bits per heavy atom. The number of rotatable bonds is 14. The molecular formula is C20H34O3. The molecule has 2 saturated carbocycles. The fourth-order valence-electron chi connectivity index (χ4n) is 3.97. The molecule has 23 heavy (non-hydrogen) atoms. The number of carbonyl (C=O) groups excluding carboxylic acids is 1. The van der Waals surface area contributed by atoms with Gasteiger partial charge in [-0.15, -0.1) is 0 Å². The Morgan fingerprint density at radius 2 is 1.26 bits per heavy atom. The summed E-state index contributed by atoms with van der Waals surface area (Å²) < 4.78 is 0. The largest absolute Gasteiger partial charge is 0.481 e. The number of Topliss-reactive ketones (excluding diaryl/α,β-unsaturated/α-hetero) is 1. The van der Waals surface area contributed by atoms with Gasteiger partial charge in [0.15, 0.2) is 0 Å². The Morgan fingerprint density at radius 3 is 1.65 bits per heavy atom. The molecule has 0 atom stereocenters. The summed E-state index contributed by atoms with van der Waals surface area (Å²) in [6.07, 6.45) is 17.3. The number of hydrogen-bond donors (Lipinski definition) is 1. The maximum Gasteiger partial charge on any atom is 0.309 e. The third-order valence-corrected chi connectivity index (χ3v) is 6.00. The molecule has 1 N–H and O–H groups in total. The van der Waals surface area contributed by atoms with Crippen molar-refractivity contribution in [2.75, 3.05) is 0 Å². The molecule has 0 aromatic heterocycles. The highest BCUT2D eigenvalue weighted by Gasteiger charge is 2.49. The second kappa shape index (κ2) is 8.30. The number of carboxylic acid groups (broad SMARTS) is 1. The predicted molar refractivity (Wildman–Crippen MR) is 92.4 cm³/mol. The molecule has 0 amide bonds. The number of carboxylic acids is 1. The minimum Gasteiger partial charge on any atom is -0.481 e. The van der Waals surface area contributed by atoms with Crippen LogP contribution in [0.2, 0.25) is 0 Å². The van der Waals surface area contributed by atoms with Crippen molar-refractivity contribution < 1.29 is 14.7 Å². The second-order valence-corrected chi connectivity index (χ2v) is 8.29. The van der Waals surface area contributed by atoms with Crippen LogP contribution in [-0.2, 0) is 9.59 Å². The van der Waals surface area contributed by atoms with Gasteiger partial charge < -0.3 is 9.90 Å². The lowest BCUT2D eigenvalue weighted by molar-refractivity contribution is -0.143. The maximum atomic E-state index is 11.2. The van der Waals surface area contributed by atoms with Crippen LogP contribution in [-0.4, -0.2) is 16.9 Å². The van der Waals surface area contributed by atoms with E-state index in [-0.39, 0.29) is 5.41 Å². The van der Waals surface area contributed by atoms with Gasteiger partial charge in [0.1, 0.15) is 5.78 Å². The monoisotopic (exact) mass is 322 g/mol. The van der Waals surface area contributed by atoms with Gasteiger partial charge in [0.25, 0.3) is 0 Å². The summed E-state index contributed by atoms with van der Waals surface area (Å²) in [4.78, 5) is 22.3. The van der Waals surface area contributed by atoms with Crippen LogP contribution in [0.5, 0.6) is 0 Å². The van der Waals surface area contributed by atoms with Crippen molar-refractivity contribution in [1.82, 2.24) is 0 Å². The topological polar surface area (TPSA) is 54.4 Å². The predicted octanol–water partition coefficient (Wildman–Crippen LogP) is 5.51. The quantitative estimate of drug-likeness (QED) is 0.429. The number of ketones is 1. The van der Waals surface area contributed by atoms with E-state index in [1.54, 1.807) is 6.92 Å². The van der Waals surface area contributed by atoms with Crippen LogP contribution in [0.25, 0.3) is 0 Å². The van der Waals surface area contributed by atoms with Crippen molar-refractivity contribution in [3.63, 3.8) is 0 Å². The van der Waals surface area contributed by atoms with Crippen molar-refractivity contribution >= 4 is 11.8 Å². The summed E-state index contributed by atoms with van der Waals surface area (Å²) >= 11 is 0. The van der Waals surface area contributed by atoms with Gasteiger partial charge in [-0.3, -0.25) is 4.79 Å². The molecule has 2 aliphatic carbocycles. The van der Waals surface area contributed by atoms with Gasteiger partial charge in [-0.1, -0.05) is 51.4 Å². The van der Waals surface area contributed by atoms with Gasteiger partial charge in [-0.05, 0) is 50.9 Å².